The number of methoxy groups -OCH3 is 2. The predicted octanol–water partition coefficient (Wildman–Crippen LogP) is 7.04. The third-order valence-electron chi connectivity index (χ3n) is 4.92. The Morgan fingerprint density at radius 1 is 1.12 bits per heavy atom. The first-order chi connectivity index (χ1) is 15.4. The zero-order valence-electron chi connectivity index (χ0n) is 22.4. The van der Waals surface area contributed by atoms with Crippen LogP contribution in [0.25, 0.3) is 10.9 Å². The molecule has 0 aliphatic rings. The van der Waals surface area contributed by atoms with Crippen molar-refractivity contribution in [3.63, 3.8) is 0 Å². The number of nitrogens with zero attached hydrogens (tertiary/aromatic N) is 1. The Bertz CT molecular complexity index is 958. The molecule has 1 aromatic carbocycles. The summed E-state index contributed by atoms with van der Waals surface area (Å²) in [5.74, 6) is 0.824. The molecule has 2 aromatic rings. The minimum atomic E-state index is -0.411. The van der Waals surface area contributed by atoms with Gasteiger partial charge >= 0.3 is 0 Å². The topological polar surface area (TPSA) is 57.5 Å². The molecule has 0 radical (unpaired) electrons. The molecular weight excluding hydrogens is 414 g/mol. The van der Waals surface area contributed by atoms with Gasteiger partial charge in [0.1, 0.15) is 5.75 Å². The number of ketones is 2. The number of ether oxygens (including phenoxy) is 2. The van der Waals surface area contributed by atoms with Crippen molar-refractivity contribution in [3.05, 3.63) is 53.8 Å². The van der Waals surface area contributed by atoms with Crippen molar-refractivity contribution >= 4 is 22.5 Å². The first-order valence-electron chi connectivity index (χ1n) is 11.5. The molecule has 0 aliphatic carbocycles. The second-order valence-electron chi connectivity index (χ2n) is 8.63. The first-order valence-corrected chi connectivity index (χ1v) is 11.5. The van der Waals surface area contributed by atoms with Crippen LogP contribution in [0.15, 0.2) is 48.2 Å². The number of fused-ring (bicyclic) bond motifs is 1. The number of rotatable bonds is 7. The van der Waals surface area contributed by atoms with Crippen molar-refractivity contribution < 1.29 is 19.1 Å². The number of hydrogen-bond acceptors (Lipinski definition) is 4. The van der Waals surface area contributed by atoms with Gasteiger partial charge in [-0.05, 0) is 39.8 Å². The summed E-state index contributed by atoms with van der Waals surface area (Å²) in [7, 11) is 3.31. The van der Waals surface area contributed by atoms with Gasteiger partial charge in [-0.25, -0.2) is 0 Å². The molecule has 0 fully saturated rings. The largest absolute Gasteiger partial charge is 0.497 e. The van der Waals surface area contributed by atoms with E-state index < -0.39 is 5.41 Å². The van der Waals surface area contributed by atoms with Gasteiger partial charge in [0.25, 0.3) is 0 Å². The number of carbonyl (C=O) groups is 2. The van der Waals surface area contributed by atoms with E-state index in [0.717, 1.165) is 10.9 Å². The molecule has 33 heavy (non-hydrogen) atoms. The molecule has 0 spiro atoms. The van der Waals surface area contributed by atoms with Gasteiger partial charge in [0.15, 0.2) is 11.6 Å². The molecule has 0 saturated carbocycles. The van der Waals surface area contributed by atoms with E-state index in [2.05, 4.69) is 19.1 Å². The number of hydrogen-bond donors (Lipinski definition) is 0. The Hall–Kier alpha value is -2.66. The molecule has 184 valence electrons. The minimum Gasteiger partial charge on any atom is -0.497 e. The second-order valence-corrected chi connectivity index (χ2v) is 8.63. The Balaban J connectivity index is 0.000000722. The monoisotopic (exact) mass is 457 g/mol. The number of aromatic nitrogens is 1. The summed E-state index contributed by atoms with van der Waals surface area (Å²) in [6.07, 6.45) is 8.15. The highest BCUT2D eigenvalue weighted by Crippen LogP contribution is 2.27. The van der Waals surface area contributed by atoms with E-state index in [1.54, 1.807) is 20.4 Å². The summed E-state index contributed by atoms with van der Waals surface area (Å²) < 4.78 is 12.1. The first kappa shape index (κ1) is 30.3. The summed E-state index contributed by atoms with van der Waals surface area (Å²) >= 11 is 0. The molecular formula is C28H43NO4. The van der Waals surface area contributed by atoms with Gasteiger partial charge in [-0.1, -0.05) is 58.4 Å². The summed E-state index contributed by atoms with van der Waals surface area (Å²) in [4.78, 5) is 24.1. The Morgan fingerprint density at radius 2 is 1.73 bits per heavy atom. The molecule has 1 aromatic heterocycles. The fraction of sp³-hybridized carbons (Fsp3) is 0.500. The average Bonchev–Trinajstić information content (AvgIpc) is 3.12. The zero-order chi connectivity index (χ0) is 25.8. The van der Waals surface area contributed by atoms with Crippen LogP contribution in [0.3, 0.4) is 0 Å². The molecule has 1 unspecified atom stereocenters. The highest BCUT2D eigenvalue weighted by molar-refractivity contribution is 6.07. The normalized spacial score (nSPS) is 12.5. The van der Waals surface area contributed by atoms with E-state index in [1.165, 1.54) is 12.5 Å². The summed E-state index contributed by atoms with van der Waals surface area (Å²) in [5, 5.41) is 0.852. The van der Waals surface area contributed by atoms with Crippen LogP contribution in [0.2, 0.25) is 0 Å². The smallest absolute Gasteiger partial charge is 0.161 e. The van der Waals surface area contributed by atoms with Crippen molar-refractivity contribution in [2.45, 2.75) is 75.0 Å². The van der Waals surface area contributed by atoms with Gasteiger partial charge in [-0.15, -0.1) is 0 Å². The van der Waals surface area contributed by atoms with Crippen LogP contribution in [0, 0.1) is 5.41 Å². The fourth-order valence-electron chi connectivity index (χ4n) is 2.96. The van der Waals surface area contributed by atoms with Crippen molar-refractivity contribution in [1.29, 1.82) is 0 Å². The van der Waals surface area contributed by atoms with Gasteiger partial charge in [0, 0.05) is 35.7 Å². The standard InChI is InChI=1S/C17H21NO3.C9H16O.C2H6/c1-11(19)14-9-18(10-16(20)17(2,3)4)15-8-12(21-5)6-7-13(14)15;1-5-6-8(2)7-9(3)10-4;1-2/h6-9H,10H2,1-5H3;5-7,9H,1-4H3;1-2H3/b;6-5-,8-7-;. The lowest BCUT2D eigenvalue weighted by molar-refractivity contribution is -0.126. The fourth-order valence-corrected chi connectivity index (χ4v) is 2.96. The van der Waals surface area contributed by atoms with Crippen LogP contribution >= 0.6 is 0 Å². The minimum absolute atomic E-state index is 0.00729. The third kappa shape index (κ3) is 9.79. The predicted molar refractivity (Wildman–Crippen MR) is 139 cm³/mol. The molecule has 2 rings (SSSR count). The molecule has 5 nitrogen and oxygen atoms in total. The van der Waals surface area contributed by atoms with Crippen molar-refractivity contribution in [2.24, 2.45) is 5.41 Å². The Morgan fingerprint density at radius 3 is 2.18 bits per heavy atom. The summed E-state index contributed by atoms with van der Waals surface area (Å²) in [6, 6.07) is 5.55. The lowest BCUT2D eigenvalue weighted by Gasteiger charge is -2.17. The van der Waals surface area contributed by atoms with Crippen LogP contribution < -0.4 is 4.74 Å². The van der Waals surface area contributed by atoms with Crippen LogP contribution in [0.5, 0.6) is 5.75 Å². The van der Waals surface area contributed by atoms with Gasteiger partial charge in [-0.3, -0.25) is 9.59 Å². The lowest BCUT2D eigenvalue weighted by Crippen LogP contribution is -2.24. The average molecular weight is 458 g/mol. The number of allylic oxidation sites excluding steroid dienone is 3. The van der Waals surface area contributed by atoms with Crippen molar-refractivity contribution in [1.82, 2.24) is 4.57 Å². The molecule has 1 heterocycles. The molecule has 5 heteroatoms. The van der Waals surface area contributed by atoms with E-state index in [1.807, 2.05) is 77.3 Å². The molecule has 0 N–H and O–H groups in total. The molecule has 0 amide bonds. The van der Waals surface area contributed by atoms with E-state index in [0.29, 0.717) is 11.3 Å². The lowest BCUT2D eigenvalue weighted by atomic mass is 9.91. The third-order valence-corrected chi connectivity index (χ3v) is 4.92. The maximum absolute atomic E-state index is 12.3. The summed E-state index contributed by atoms with van der Waals surface area (Å²) in [6.45, 7) is 17.6. The molecule has 0 bridgehead atoms. The van der Waals surface area contributed by atoms with Crippen molar-refractivity contribution in [3.8, 4) is 5.75 Å². The van der Waals surface area contributed by atoms with Crippen LogP contribution in [-0.4, -0.2) is 36.5 Å². The van der Waals surface area contributed by atoms with E-state index in [-0.39, 0.29) is 24.2 Å². The molecule has 0 saturated heterocycles. The molecule has 0 aliphatic heterocycles. The Kier molecular flexibility index (Phi) is 13.3. The highest BCUT2D eigenvalue weighted by Gasteiger charge is 2.23. The SMILES string of the molecule is C/C=C\C(C)=C/C(C)OC.CC.COc1ccc2c(C(C)=O)cn(CC(=O)C(C)(C)C)c2c1. The van der Waals surface area contributed by atoms with Gasteiger partial charge in [0.2, 0.25) is 0 Å². The van der Waals surface area contributed by atoms with E-state index >= 15 is 0 Å². The van der Waals surface area contributed by atoms with Crippen LogP contribution in [0.1, 0.15) is 72.7 Å². The number of Topliss-reactive ketones (excluding diaryl/α,β-unsaturated/α-hetero) is 2. The van der Waals surface area contributed by atoms with Gasteiger partial charge < -0.3 is 14.0 Å². The van der Waals surface area contributed by atoms with E-state index in [9.17, 15) is 9.59 Å². The molecule has 1 atom stereocenters. The maximum atomic E-state index is 12.3. The summed E-state index contributed by atoms with van der Waals surface area (Å²) in [5.41, 5.74) is 2.31. The number of carbonyl (C=O) groups excluding carboxylic acids is 2. The second kappa shape index (κ2) is 14.5. The zero-order valence-corrected chi connectivity index (χ0v) is 22.4. The van der Waals surface area contributed by atoms with Gasteiger partial charge in [0.05, 0.1) is 25.3 Å². The maximum Gasteiger partial charge on any atom is 0.161 e. The van der Waals surface area contributed by atoms with Crippen LogP contribution in [0.4, 0.5) is 0 Å². The van der Waals surface area contributed by atoms with Crippen molar-refractivity contribution in [2.75, 3.05) is 14.2 Å². The number of benzene rings is 1. The quantitative estimate of drug-likeness (QED) is 0.330. The highest BCUT2D eigenvalue weighted by atomic mass is 16.5. The van der Waals surface area contributed by atoms with Gasteiger partial charge in [-0.2, -0.15) is 0 Å². The van der Waals surface area contributed by atoms with E-state index in [4.69, 9.17) is 9.47 Å². The Labute approximate surface area is 200 Å². The van der Waals surface area contributed by atoms with Crippen LogP contribution in [-0.2, 0) is 16.1 Å².